The van der Waals surface area contributed by atoms with E-state index in [1.165, 1.54) is 21.1 Å². The molecule has 98 valence electrons. The van der Waals surface area contributed by atoms with E-state index in [0.29, 0.717) is 6.04 Å². The molecule has 0 aliphatic carbocycles. The Morgan fingerprint density at radius 1 is 1.17 bits per heavy atom. The number of hydrogen-bond donors (Lipinski definition) is 1. The van der Waals surface area contributed by atoms with Gasteiger partial charge < -0.3 is 5.32 Å². The van der Waals surface area contributed by atoms with Crippen molar-refractivity contribution >= 4 is 22.7 Å². The van der Waals surface area contributed by atoms with E-state index in [2.05, 4.69) is 48.8 Å². The number of nitrogens with one attached hydrogen (secondary N) is 1. The molecule has 0 aliphatic rings. The van der Waals surface area contributed by atoms with Gasteiger partial charge in [-0.3, -0.25) is 0 Å². The quantitative estimate of drug-likeness (QED) is 0.777. The lowest BCUT2D eigenvalue weighted by Gasteiger charge is -2.16. The fourth-order valence-electron chi connectivity index (χ4n) is 1.99. The maximum Gasteiger partial charge on any atom is 0.0463 e. The van der Waals surface area contributed by atoms with Gasteiger partial charge in [0.1, 0.15) is 0 Å². The highest BCUT2D eigenvalue weighted by Crippen LogP contribution is 2.27. The summed E-state index contributed by atoms with van der Waals surface area (Å²) < 4.78 is 0. The van der Waals surface area contributed by atoms with Crippen molar-refractivity contribution in [1.29, 1.82) is 0 Å². The van der Waals surface area contributed by atoms with Crippen molar-refractivity contribution in [2.24, 2.45) is 0 Å². The van der Waals surface area contributed by atoms with Gasteiger partial charge in [-0.25, -0.2) is 0 Å². The third-order valence-corrected chi connectivity index (χ3v) is 5.24. The van der Waals surface area contributed by atoms with Crippen LogP contribution in [0.3, 0.4) is 0 Å². The molecule has 0 fully saturated rings. The first kappa shape index (κ1) is 13.8. The Kier molecular flexibility index (Phi) is 5.42. The zero-order valence-electron chi connectivity index (χ0n) is 11.1. The van der Waals surface area contributed by atoms with Crippen molar-refractivity contribution in [2.45, 2.75) is 39.2 Å². The first-order chi connectivity index (χ1) is 8.83. The van der Waals surface area contributed by atoms with Gasteiger partial charge in [0.15, 0.2) is 0 Å². The molecule has 2 aromatic heterocycles. The van der Waals surface area contributed by atoms with Gasteiger partial charge in [-0.05, 0) is 43.0 Å². The van der Waals surface area contributed by atoms with Gasteiger partial charge in [0, 0.05) is 27.1 Å². The van der Waals surface area contributed by atoms with Crippen LogP contribution in [0, 0.1) is 0 Å². The molecule has 2 aromatic rings. The molecule has 1 unspecified atom stereocenters. The van der Waals surface area contributed by atoms with E-state index in [0.717, 1.165) is 19.4 Å². The van der Waals surface area contributed by atoms with Gasteiger partial charge in [-0.15, -0.1) is 22.7 Å². The molecule has 0 saturated carbocycles. The summed E-state index contributed by atoms with van der Waals surface area (Å²) in [4.78, 5) is 4.43. The molecule has 0 radical (unpaired) electrons. The van der Waals surface area contributed by atoms with Crippen LogP contribution in [0.15, 0.2) is 29.6 Å². The molecule has 2 rings (SSSR count). The summed E-state index contributed by atoms with van der Waals surface area (Å²) in [7, 11) is 0. The minimum absolute atomic E-state index is 0.480. The molecule has 1 atom stereocenters. The van der Waals surface area contributed by atoms with Gasteiger partial charge in [0.2, 0.25) is 0 Å². The lowest BCUT2D eigenvalue weighted by Crippen LogP contribution is -2.22. The molecular weight excluding hydrogens is 258 g/mol. The van der Waals surface area contributed by atoms with Crippen molar-refractivity contribution in [2.75, 3.05) is 6.54 Å². The minimum atomic E-state index is 0.480. The molecule has 0 amide bonds. The zero-order chi connectivity index (χ0) is 12.8. The van der Waals surface area contributed by atoms with E-state index in [-0.39, 0.29) is 0 Å². The summed E-state index contributed by atoms with van der Waals surface area (Å²) >= 11 is 3.81. The van der Waals surface area contributed by atoms with Crippen LogP contribution >= 0.6 is 22.7 Å². The SMILES string of the molecule is CCCNC(Cc1cccs1)c1ccc(CC)s1. The normalized spacial score (nSPS) is 12.8. The predicted octanol–water partition coefficient (Wildman–Crippen LogP) is 4.66. The molecule has 3 heteroatoms. The van der Waals surface area contributed by atoms with Crippen molar-refractivity contribution in [3.05, 3.63) is 44.3 Å². The third-order valence-electron chi connectivity index (χ3n) is 3.00. The minimum Gasteiger partial charge on any atom is -0.309 e. The second-order valence-corrected chi connectivity index (χ2v) is 6.68. The molecule has 18 heavy (non-hydrogen) atoms. The maximum absolute atomic E-state index is 3.68. The summed E-state index contributed by atoms with van der Waals surface area (Å²) in [5.74, 6) is 0. The van der Waals surface area contributed by atoms with E-state index in [9.17, 15) is 0 Å². The fourth-order valence-corrected chi connectivity index (χ4v) is 3.77. The van der Waals surface area contributed by atoms with Gasteiger partial charge >= 0.3 is 0 Å². The van der Waals surface area contributed by atoms with Crippen LogP contribution in [0.4, 0.5) is 0 Å². The van der Waals surface area contributed by atoms with E-state index in [1.807, 2.05) is 22.7 Å². The molecule has 1 N–H and O–H groups in total. The number of aryl methyl sites for hydroxylation is 1. The Bertz CT molecular complexity index is 445. The number of hydrogen-bond acceptors (Lipinski definition) is 3. The lowest BCUT2D eigenvalue weighted by molar-refractivity contribution is 0.539. The molecule has 2 heterocycles. The van der Waals surface area contributed by atoms with E-state index in [1.54, 1.807) is 0 Å². The van der Waals surface area contributed by atoms with Crippen LogP contribution in [0.25, 0.3) is 0 Å². The van der Waals surface area contributed by atoms with Gasteiger partial charge in [-0.2, -0.15) is 0 Å². The summed E-state index contributed by atoms with van der Waals surface area (Å²) in [6.07, 6.45) is 3.44. The molecule has 0 bridgehead atoms. The maximum atomic E-state index is 3.68. The molecule has 0 spiro atoms. The highest BCUT2D eigenvalue weighted by molar-refractivity contribution is 7.12. The van der Waals surface area contributed by atoms with Crippen LogP contribution in [-0.2, 0) is 12.8 Å². The van der Waals surface area contributed by atoms with Crippen LogP contribution in [0.1, 0.15) is 40.9 Å². The van der Waals surface area contributed by atoms with Crippen molar-refractivity contribution < 1.29 is 0 Å². The second kappa shape index (κ2) is 7.07. The summed E-state index contributed by atoms with van der Waals surface area (Å²) in [6.45, 7) is 5.54. The molecule has 1 nitrogen and oxygen atoms in total. The van der Waals surface area contributed by atoms with Gasteiger partial charge in [-0.1, -0.05) is 19.9 Å². The average Bonchev–Trinajstić information content (AvgIpc) is 3.05. The zero-order valence-corrected chi connectivity index (χ0v) is 12.7. The number of thiophene rings is 2. The first-order valence-corrected chi connectivity index (χ1v) is 8.37. The van der Waals surface area contributed by atoms with Crippen LogP contribution < -0.4 is 5.32 Å². The lowest BCUT2D eigenvalue weighted by atomic mass is 10.1. The second-order valence-electron chi connectivity index (χ2n) is 4.45. The summed E-state index contributed by atoms with van der Waals surface area (Å²) in [5.41, 5.74) is 0. The van der Waals surface area contributed by atoms with E-state index < -0.39 is 0 Å². The average molecular weight is 279 g/mol. The van der Waals surface area contributed by atoms with Crippen LogP contribution in [0.2, 0.25) is 0 Å². The van der Waals surface area contributed by atoms with Gasteiger partial charge in [0.05, 0.1) is 0 Å². The van der Waals surface area contributed by atoms with Gasteiger partial charge in [0.25, 0.3) is 0 Å². The Balaban J connectivity index is 2.08. The number of rotatable bonds is 7. The van der Waals surface area contributed by atoms with Crippen molar-refractivity contribution in [1.82, 2.24) is 5.32 Å². The Morgan fingerprint density at radius 2 is 2.06 bits per heavy atom. The van der Waals surface area contributed by atoms with Crippen LogP contribution in [0.5, 0.6) is 0 Å². The largest absolute Gasteiger partial charge is 0.309 e. The van der Waals surface area contributed by atoms with Crippen molar-refractivity contribution in [3.63, 3.8) is 0 Å². The standard InChI is InChI=1S/C15H21NS2/c1-3-9-16-14(11-13-6-5-10-17-13)15-8-7-12(4-2)18-15/h5-8,10,14,16H,3-4,9,11H2,1-2H3. The fraction of sp³-hybridized carbons (Fsp3) is 0.467. The highest BCUT2D eigenvalue weighted by Gasteiger charge is 2.14. The molecular formula is C15H21NS2. The van der Waals surface area contributed by atoms with E-state index in [4.69, 9.17) is 0 Å². The first-order valence-electron chi connectivity index (χ1n) is 6.67. The molecule has 0 saturated heterocycles. The predicted molar refractivity (Wildman–Crippen MR) is 82.8 cm³/mol. The Morgan fingerprint density at radius 3 is 2.67 bits per heavy atom. The van der Waals surface area contributed by atoms with E-state index >= 15 is 0 Å². The molecule has 0 aromatic carbocycles. The Labute approximate surface area is 118 Å². The highest BCUT2D eigenvalue weighted by atomic mass is 32.1. The molecule has 0 aliphatic heterocycles. The monoisotopic (exact) mass is 279 g/mol. The summed E-state index contributed by atoms with van der Waals surface area (Å²) in [6, 6.07) is 9.43. The van der Waals surface area contributed by atoms with Crippen LogP contribution in [-0.4, -0.2) is 6.54 Å². The van der Waals surface area contributed by atoms with Crippen molar-refractivity contribution in [3.8, 4) is 0 Å². The third kappa shape index (κ3) is 3.67. The smallest absolute Gasteiger partial charge is 0.0463 e. The summed E-state index contributed by atoms with van der Waals surface area (Å²) in [5, 5.41) is 5.84. The topological polar surface area (TPSA) is 12.0 Å². The Hall–Kier alpha value is -0.640.